The summed E-state index contributed by atoms with van der Waals surface area (Å²) in [5, 5.41) is 3.46. The third-order valence-corrected chi connectivity index (χ3v) is 4.06. The first-order valence-electron chi connectivity index (χ1n) is 5.07. The largest absolute Gasteiger partial charge is 0.298 e. The maximum atomic E-state index is 11.9. The summed E-state index contributed by atoms with van der Waals surface area (Å²) < 4.78 is 1.11. The lowest BCUT2D eigenvalue weighted by Gasteiger charge is -2.01. The molecule has 0 aliphatic carbocycles. The Morgan fingerprint density at radius 2 is 1.94 bits per heavy atom. The number of aryl methyl sites for hydroxylation is 2. The Labute approximate surface area is 117 Å². The van der Waals surface area contributed by atoms with Gasteiger partial charge in [-0.1, -0.05) is 0 Å². The SMILES string of the molecule is Cc1nc(NC(=O)c2ccc(I)cc2)sc1C. The van der Waals surface area contributed by atoms with E-state index in [-0.39, 0.29) is 5.91 Å². The zero-order valence-corrected chi connectivity index (χ0v) is 12.4. The molecule has 1 aromatic heterocycles. The van der Waals surface area contributed by atoms with Crippen molar-refractivity contribution < 1.29 is 4.79 Å². The number of nitrogens with one attached hydrogen (secondary N) is 1. The number of halogens is 1. The van der Waals surface area contributed by atoms with Crippen molar-refractivity contribution in [3.8, 4) is 0 Å². The summed E-state index contributed by atoms with van der Waals surface area (Å²) in [4.78, 5) is 17.3. The van der Waals surface area contributed by atoms with Crippen LogP contribution in [0.1, 0.15) is 20.9 Å². The number of aromatic nitrogens is 1. The highest BCUT2D eigenvalue weighted by atomic mass is 127. The van der Waals surface area contributed by atoms with Gasteiger partial charge < -0.3 is 0 Å². The van der Waals surface area contributed by atoms with Crippen LogP contribution in [0.2, 0.25) is 0 Å². The third-order valence-electron chi connectivity index (χ3n) is 2.36. The summed E-state index contributed by atoms with van der Waals surface area (Å²) in [6, 6.07) is 7.44. The highest BCUT2D eigenvalue weighted by Crippen LogP contribution is 2.21. The van der Waals surface area contributed by atoms with Gasteiger partial charge in [-0.15, -0.1) is 11.3 Å². The van der Waals surface area contributed by atoms with Crippen LogP contribution < -0.4 is 5.32 Å². The van der Waals surface area contributed by atoms with Gasteiger partial charge in [0.05, 0.1) is 5.69 Å². The molecule has 0 unspecified atom stereocenters. The van der Waals surface area contributed by atoms with E-state index in [4.69, 9.17) is 0 Å². The minimum absolute atomic E-state index is 0.116. The van der Waals surface area contributed by atoms with Crippen molar-refractivity contribution >= 4 is 45.0 Å². The number of rotatable bonds is 2. The molecule has 0 aliphatic heterocycles. The molecule has 2 rings (SSSR count). The van der Waals surface area contributed by atoms with E-state index in [1.165, 1.54) is 11.3 Å². The van der Waals surface area contributed by atoms with E-state index in [9.17, 15) is 4.79 Å². The molecule has 0 radical (unpaired) electrons. The second-order valence-electron chi connectivity index (χ2n) is 3.62. The molecule has 0 saturated heterocycles. The van der Waals surface area contributed by atoms with E-state index in [0.717, 1.165) is 14.1 Å². The van der Waals surface area contributed by atoms with Crippen LogP contribution in [-0.2, 0) is 0 Å². The van der Waals surface area contributed by atoms with Crippen LogP contribution in [0.3, 0.4) is 0 Å². The van der Waals surface area contributed by atoms with Crippen molar-refractivity contribution in [2.45, 2.75) is 13.8 Å². The van der Waals surface area contributed by atoms with Gasteiger partial charge in [-0.25, -0.2) is 4.98 Å². The Bertz CT molecular complexity index is 529. The molecular formula is C12H11IN2OS. The lowest BCUT2D eigenvalue weighted by atomic mass is 10.2. The molecule has 1 aromatic carbocycles. The van der Waals surface area contributed by atoms with Crippen molar-refractivity contribution in [2.24, 2.45) is 0 Å². The second kappa shape index (κ2) is 5.14. The van der Waals surface area contributed by atoms with E-state index in [0.29, 0.717) is 10.7 Å². The fourth-order valence-corrected chi connectivity index (χ4v) is 2.47. The summed E-state index contributed by atoms with van der Waals surface area (Å²) in [5.74, 6) is -0.116. The molecule has 5 heteroatoms. The van der Waals surface area contributed by atoms with Gasteiger partial charge in [0.1, 0.15) is 0 Å². The molecule has 88 valence electrons. The number of benzene rings is 1. The fraction of sp³-hybridized carbons (Fsp3) is 0.167. The Balaban J connectivity index is 2.14. The van der Waals surface area contributed by atoms with E-state index in [2.05, 4.69) is 32.9 Å². The van der Waals surface area contributed by atoms with Gasteiger partial charge >= 0.3 is 0 Å². The van der Waals surface area contributed by atoms with E-state index in [1.54, 1.807) is 0 Å². The summed E-state index contributed by atoms with van der Waals surface area (Å²) >= 11 is 3.71. The molecule has 1 heterocycles. The maximum Gasteiger partial charge on any atom is 0.257 e. The minimum atomic E-state index is -0.116. The van der Waals surface area contributed by atoms with Gasteiger partial charge in [-0.05, 0) is 60.7 Å². The van der Waals surface area contributed by atoms with E-state index >= 15 is 0 Å². The third kappa shape index (κ3) is 3.04. The smallest absolute Gasteiger partial charge is 0.257 e. The van der Waals surface area contributed by atoms with Gasteiger partial charge in [-0.2, -0.15) is 0 Å². The van der Waals surface area contributed by atoms with Gasteiger partial charge in [0.25, 0.3) is 5.91 Å². The van der Waals surface area contributed by atoms with Crippen LogP contribution in [0.15, 0.2) is 24.3 Å². The predicted octanol–water partition coefficient (Wildman–Crippen LogP) is 3.62. The molecule has 0 aliphatic rings. The average molecular weight is 358 g/mol. The zero-order chi connectivity index (χ0) is 12.4. The topological polar surface area (TPSA) is 42.0 Å². The molecule has 17 heavy (non-hydrogen) atoms. The molecule has 0 fully saturated rings. The van der Waals surface area contributed by atoms with Gasteiger partial charge in [0, 0.05) is 14.0 Å². The molecule has 1 amide bonds. The van der Waals surface area contributed by atoms with Crippen LogP contribution in [0.25, 0.3) is 0 Å². The van der Waals surface area contributed by atoms with Crippen molar-refractivity contribution in [1.82, 2.24) is 4.98 Å². The standard InChI is InChI=1S/C12H11IN2OS/c1-7-8(2)17-12(14-7)15-11(16)9-3-5-10(13)6-4-9/h3-6H,1-2H3,(H,14,15,16). The first-order valence-corrected chi connectivity index (χ1v) is 6.97. The summed E-state index contributed by atoms with van der Waals surface area (Å²) in [6.07, 6.45) is 0. The number of hydrogen-bond donors (Lipinski definition) is 1. The highest BCUT2D eigenvalue weighted by Gasteiger charge is 2.09. The maximum absolute atomic E-state index is 11.9. The van der Waals surface area contributed by atoms with Crippen molar-refractivity contribution in [3.63, 3.8) is 0 Å². The predicted molar refractivity (Wildman–Crippen MR) is 78.7 cm³/mol. The Morgan fingerprint density at radius 3 is 2.47 bits per heavy atom. The quantitative estimate of drug-likeness (QED) is 0.834. The molecule has 0 spiro atoms. The Morgan fingerprint density at radius 1 is 1.29 bits per heavy atom. The monoisotopic (exact) mass is 358 g/mol. The van der Waals surface area contributed by atoms with Crippen molar-refractivity contribution in [3.05, 3.63) is 44.0 Å². The highest BCUT2D eigenvalue weighted by molar-refractivity contribution is 14.1. The number of hydrogen-bond acceptors (Lipinski definition) is 3. The lowest BCUT2D eigenvalue weighted by molar-refractivity contribution is 0.102. The van der Waals surface area contributed by atoms with E-state index < -0.39 is 0 Å². The van der Waals surface area contributed by atoms with Crippen LogP contribution >= 0.6 is 33.9 Å². The van der Waals surface area contributed by atoms with Gasteiger partial charge in [0.15, 0.2) is 5.13 Å². The first-order chi connectivity index (χ1) is 8.06. The normalized spacial score (nSPS) is 10.3. The molecule has 0 atom stereocenters. The number of anilines is 1. The van der Waals surface area contributed by atoms with E-state index in [1.807, 2.05) is 38.1 Å². The number of nitrogens with zero attached hydrogens (tertiary/aromatic N) is 1. The van der Waals surface area contributed by atoms with Crippen LogP contribution in [0.4, 0.5) is 5.13 Å². The van der Waals surface area contributed by atoms with Crippen molar-refractivity contribution in [2.75, 3.05) is 5.32 Å². The number of carbonyl (C=O) groups is 1. The summed E-state index contributed by atoms with van der Waals surface area (Å²) in [5.41, 5.74) is 1.61. The zero-order valence-electron chi connectivity index (χ0n) is 9.45. The molecule has 0 bridgehead atoms. The van der Waals surface area contributed by atoms with Gasteiger partial charge in [-0.3, -0.25) is 10.1 Å². The lowest BCUT2D eigenvalue weighted by Crippen LogP contribution is -2.11. The van der Waals surface area contributed by atoms with Crippen LogP contribution in [-0.4, -0.2) is 10.9 Å². The number of amides is 1. The Kier molecular flexibility index (Phi) is 3.78. The summed E-state index contributed by atoms with van der Waals surface area (Å²) in [6.45, 7) is 3.93. The molecule has 3 nitrogen and oxygen atoms in total. The summed E-state index contributed by atoms with van der Waals surface area (Å²) in [7, 11) is 0. The number of thiazole rings is 1. The molecule has 2 aromatic rings. The first kappa shape index (κ1) is 12.5. The van der Waals surface area contributed by atoms with Crippen LogP contribution in [0, 0.1) is 17.4 Å². The molecule has 0 saturated carbocycles. The minimum Gasteiger partial charge on any atom is -0.298 e. The Hall–Kier alpha value is -0.950. The fourth-order valence-electron chi connectivity index (χ4n) is 1.30. The van der Waals surface area contributed by atoms with Gasteiger partial charge in [0.2, 0.25) is 0 Å². The second-order valence-corrected chi connectivity index (χ2v) is 6.07. The molecular weight excluding hydrogens is 347 g/mol. The van der Waals surface area contributed by atoms with Crippen LogP contribution in [0.5, 0.6) is 0 Å². The van der Waals surface area contributed by atoms with Crippen molar-refractivity contribution in [1.29, 1.82) is 0 Å². The molecule has 1 N–H and O–H groups in total. The number of carbonyl (C=O) groups excluding carboxylic acids is 1. The average Bonchev–Trinajstić information content (AvgIpc) is 2.58.